The lowest BCUT2D eigenvalue weighted by Gasteiger charge is -2.43. The summed E-state index contributed by atoms with van der Waals surface area (Å²) in [6.07, 6.45) is -2.19. The first-order valence-corrected chi connectivity index (χ1v) is 11.6. The fourth-order valence-electron chi connectivity index (χ4n) is 4.98. The molecule has 0 saturated carbocycles. The van der Waals surface area contributed by atoms with Crippen molar-refractivity contribution in [3.05, 3.63) is 48.2 Å². The van der Waals surface area contributed by atoms with E-state index < -0.39 is 11.9 Å². The molecule has 4 heterocycles. The minimum atomic E-state index is -4.41. The van der Waals surface area contributed by atoms with Gasteiger partial charge in [-0.05, 0) is 50.2 Å². The van der Waals surface area contributed by atoms with Crippen LogP contribution >= 0.6 is 0 Å². The second-order valence-electron chi connectivity index (χ2n) is 8.93. The molecule has 0 amide bonds. The molecule has 6 nitrogen and oxygen atoms in total. The number of hydrogen-bond acceptors (Lipinski definition) is 6. The van der Waals surface area contributed by atoms with Crippen molar-refractivity contribution in [3.8, 4) is 11.5 Å². The lowest BCUT2D eigenvalue weighted by atomic mass is 10.0. The van der Waals surface area contributed by atoms with E-state index in [2.05, 4.69) is 14.8 Å². The number of para-hydroxylation sites is 2. The highest BCUT2D eigenvalue weighted by Crippen LogP contribution is 2.32. The van der Waals surface area contributed by atoms with Crippen molar-refractivity contribution < 1.29 is 22.6 Å². The largest absolute Gasteiger partial charge is 0.486 e. The Hall–Kier alpha value is -2.52. The number of likely N-dealkylation sites (tertiary alicyclic amines) is 1. The number of piperazine rings is 1. The van der Waals surface area contributed by atoms with Crippen LogP contribution in [0, 0.1) is 0 Å². The van der Waals surface area contributed by atoms with Crippen molar-refractivity contribution >= 4 is 5.82 Å². The molecule has 1 atom stereocenters. The van der Waals surface area contributed by atoms with Gasteiger partial charge in [-0.15, -0.1) is 0 Å². The number of halogens is 3. The van der Waals surface area contributed by atoms with Crippen molar-refractivity contribution in [2.75, 3.05) is 57.3 Å². The molecule has 0 spiro atoms. The molecule has 2 saturated heterocycles. The molecule has 0 unspecified atom stereocenters. The molecule has 0 aliphatic carbocycles. The van der Waals surface area contributed by atoms with E-state index >= 15 is 0 Å². The van der Waals surface area contributed by atoms with Crippen LogP contribution in [0.5, 0.6) is 11.5 Å². The van der Waals surface area contributed by atoms with Crippen LogP contribution in [0.3, 0.4) is 0 Å². The molecule has 0 bridgehead atoms. The lowest BCUT2D eigenvalue weighted by molar-refractivity contribution is -0.141. The van der Waals surface area contributed by atoms with Gasteiger partial charge < -0.3 is 14.4 Å². The number of ether oxygens (including phenoxy) is 2. The Morgan fingerprint density at radius 3 is 2.33 bits per heavy atom. The fourth-order valence-corrected chi connectivity index (χ4v) is 4.98. The lowest BCUT2D eigenvalue weighted by Crippen LogP contribution is -2.54. The molecule has 0 radical (unpaired) electrons. The molecule has 0 N–H and O–H groups in total. The summed E-state index contributed by atoms with van der Waals surface area (Å²) in [5.41, 5.74) is -0.828. The number of anilines is 1. The Morgan fingerprint density at radius 2 is 1.61 bits per heavy atom. The Kier molecular flexibility index (Phi) is 6.34. The third-order valence-corrected chi connectivity index (χ3v) is 6.77. The van der Waals surface area contributed by atoms with E-state index in [1.165, 1.54) is 6.07 Å². The van der Waals surface area contributed by atoms with Crippen molar-refractivity contribution in [3.63, 3.8) is 0 Å². The van der Waals surface area contributed by atoms with E-state index in [0.29, 0.717) is 31.6 Å². The van der Waals surface area contributed by atoms with Gasteiger partial charge in [-0.25, -0.2) is 4.98 Å². The zero-order valence-corrected chi connectivity index (χ0v) is 18.5. The van der Waals surface area contributed by atoms with E-state index in [0.717, 1.165) is 63.1 Å². The van der Waals surface area contributed by atoms with Gasteiger partial charge in [-0.3, -0.25) is 9.80 Å². The molecule has 3 aliphatic heterocycles. The Balaban J connectivity index is 1.08. The molecule has 33 heavy (non-hydrogen) atoms. The van der Waals surface area contributed by atoms with Crippen LogP contribution in [0.1, 0.15) is 18.5 Å². The number of aromatic nitrogens is 1. The van der Waals surface area contributed by atoms with Gasteiger partial charge in [0.25, 0.3) is 0 Å². The second-order valence-corrected chi connectivity index (χ2v) is 8.93. The van der Waals surface area contributed by atoms with Crippen LogP contribution < -0.4 is 14.4 Å². The van der Waals surface area contributed by atoms with E-state index in [9.17, 15) is 13.2 Å². The van der Waals surface area contributed by atoms with Crippen LogP contribution in [-0.4, -0.2) is 79.3 Å². The van der Waals surface area contributed by atoms with E-state index in [4.69, 9.17) is 9.47 Å². The van der Waals surface area contributed by atoms with Gasteiger partial charge in [-0.1, -0.05) is 18.2 Å². The summed E-state index contributed by atoms with van der Waals surface area (Å²) in [5, 5.41) is 0. The Bertz CT molecular complexity index is 941. The summed E-state index contributed by atoms with van der Waals surface area (Å²) in [7, 11) is 0. The number of alkyl halides is 3. The summed E-state index contributed by atoms with van der Waals surface area (Å²) in [4.78, 5) is 10.7. The summed E-state index contributed by atoms with van der Waals surface area (Å²) in [6.45, 7) is 6.54. The maximum Gasteiger partial charge on any atom is 0.433 e. The number of benzene rings is 1. The van der Waals surface area contributed by atoms with Gasteiger partial charge in [-0.2, -0.15) is 13.2 Å². The van der Waals surface area contributed by atoms with Crippen LogP contribution in [0.25, 0.3) is 0 Å². The first kappa shape index (κ1) is 22.3. The second kappa shape index (κ2) is 9.38. The maximum atomic E-state index is 13.0. The van der Waals surface area contributed by atoms with Crippen LogP contribution in [0.2, 0.25) is 0 Å². The van der Waals surface area contributed by atoms with Gasteiger partial charge >= 0.3 is 6.18 Å². The average molecular weight is 463 g/mol. The summed E-state index contributed by atoms with van der Waals surface area (Å²) < 4.78 is 50.9. The predicted octanol–water partition coefficient (Wildman–Crippen LogP) is 3.53. The van der Waals surface area contributed by atoms with E-state index in [1.807, 2.05) is 29.2 Å². The number of fused-ring (bicyclic) bond motifs is 1. The van der Waals surface area contributed by atoms with Crippen LogP contribution in [0.4, 0.5) is 19.0 Å². The van der Waals surface area contributed by atoms with Crippen LogP contribution in [-0.2, 0) is 6.18 Å². The molecular weight excluding hydrogens is 433 g/mol. The standard InChI is InChI=1S/C24H29F3N4O2/c25-24(26,27)22-6-3-7-23(28-22)31-14-12-30(13-15-31)18-8-10-29(11-9-18)16-19-17-32-20-4-1-2-5-21(20)33-19/h1-7,18-19H,8-17H2/t19-/m1/s1. The number of hydrogen-bond donors (Lipinski definition) is 0. The maximum absolute atomic E-state index is 13.0. The predicted molar refractivity (Wildman–Crippen MR) is 119 cm³/mol. The quantitative estimate of drug-likeness (QED) is 0.693. The van der Waals surface area contributed by atoms with Crippen molar-refractivity contribution in [1.29, 1.82) is 0 Å². The average Bonchev–Trinajstić information content (AvgIpc) is 2.84. The Labute approximate surface area is 191 Å². The molecule has 1 aromatic heterocycles. The normalized spacial score (nSPS) is 23.0. The molecule has 5 rings (SSSR count). The number of nitrogens with zero attached hydrogens (tertiary/aromatic N) is 4. The van der Waals surface area contributed by atoms with Gasteiger partial charge in [0.1, 0.15) is 24.2 Å². The number of pyridine rings is 1. The zero-order valence-electron chi connectivity index (χ0n) is 18.5. The SMILES string of the molecule is FC(F)(F)c1cccc(N2CCN(C3CCN(C[C@@H]4COc5ccccc5O4)CC3)CC2)n1. The fraction of sp³-hybridized carbons (Fsp3) is 0.542. The molecule has 9 heteroatoms. The van der Waals surface area contributed by atoms with Gasteiger partial charge in [0, 0.05) is 38.8 Å². The minimum absolute atomic E-state index is 0.0416. The molecule has 3 aliphatic rings. The number of piperidine rings is 1. The summed E-state index contributed by atoms with van der Waals surface area (Å²) in [6, 6.07) is 12.4. The molecule has 2 fully saturated rings. The zero-order chi connectivity index (χ0) is 22.8. The van der Waals surface area contributed by atoms with Crippen molar-refractivity contribution in [2.24, 2.45) is 0 Å². The number of rotatable bonds is 4. The molecule has 178 valence electrons. The van der Waals surface area contributed by atoms with Crippen molar-refractivity contribution in [1.82, 2.24) is 14.8 Å². The highest BCUT2D eigenvalue weighted by molar-refractivity contribution is 5.41. The first-order valence-electron chi connectivity index (χ1n) is 11.6. The molecule has 1 aromatic carbocycles. The summed E-state index contributed by atoms with van der Waals surface area (Å²) >= 11 is 0. The highest BCUT2D eigenvalue weighted by atomic mass is 19.4. The van der Waals surface area contributed by atoms with Gasteiger partial charge in [0.15, 0.2) is 11.5 Å². The summed E-state index contributed by atoms with van der Waals surface area (Å²) in [5.74, 6) is 2.04. The van der Waals surface area contributed by atoms with Crippen molar-refractivity contribution in [2.45, 2.75) is 31.2 Å². The monoisotopic (exact) mass is 462 g/mol. The van der Waals surface area contributed by atoms with E-state index in [-0.39, 0.29) is 6.10 Å². The smallest absolute Gasteiger partial charge is 0.433 e. The van der Waals surface area contributed by atoms with Crippen LogP contribution in [0.15, 0.2) is 42.5 Å². The van der Waals surface area contributed by atoms with Gasteiger partial charge in [0.05, 0.1) is 0 Å². The third kappa shape index (κ3) is 5.19. The Morgan fingerprint density at radius 1 is 0.879 bits per heavy atom. The first-order chi connectivity index (χ1) is 16.0. The van der Waals surface area contributed by atoms with Gasteiger partial charge in [0.2, 0.25) is 0 Å². The highest BCUT2D eigenvalue weighted by Gasteiger charge is 2.34. The minimum Gasteiger partial charge on any atom is -0.486 e. The molecule has 2 aromatic rings. The molecular formula is C24H29F3N4O2. The topological polar surface area (TPSA) is 41.1 Å². The van der Waals surface area contributed by atoms with E-state index in [1.54, 1.807) is 6.07 Å². The third-order valence-electron chi connectivity index (χ3n) is 6.77.